The minimum atomic E-state index is 0.580. The smallest absolute Gasteiger partial charge is 0.0235 e. The molecule has 1 N–H and O–H groups in total. The Morgan fingerprint density at radius 1 is 1.29 bits per heavy atom. The lowest BCUT2D eigenvalue weighted by Gasteiger charge is -2.31. The molecule has 2 unspecified atom stereocenters. The maximum absolute atomic E-state index is 3.73. The number of rotatable bonds is 6. The highest BCUT2D eigenvalue weighted by atomic mass is 15.2. The maximum atomic E-state index is 3.73. The molecule has 0 aliphatic carbocycles. The van der Waals surface area contributed by atoms with Crippen molar-refractivity contribution in [3.63, 3.8) is 0 Å². The molecule has 0 bridgehead atoms. The van der Waals surface area contributed by atoms with E-state index in [2.05, 4.69) is 66.5 Å². The van der Waals surface area contributed by atoms with E-state index in [0.717, 1.165) is 13.0 Å². The molecule has 118 valence electrons. The van der Waals surface area contributed by atoms with Crippen LogP contribution in [0.3, 0.4) is 0 Å². The highest BCUT2D eigenvalue weighted by Crippen LogP contribution is 2.12. The summed E-state index contributed by atoms with van der Waals surface area (Å²) in [5.74, 6) is 0. The van der Waals surface area contributed by atoms with Crippen molar-refractivity contribution in [1.29, 1.82) is 0 Å². The van der Waals surface area contributed by atoms with E-state index in [9.17, 15) is 0 Å². The van der Waals surface area contributed by atoms with Gasteiger partial charge in [-0.25, -0.2) is 0 Å². The summed E-state index contributed by atoms with van der Waals surface area (Å²) in [5.41, 5.74) is 1.44. The SMILES string of the molecule is CC(CCN(C)C)N1CCCNC(Cc2ccccc2)C1. The third-order valence-corrected chi connectivity index (χ3v) is 4.45. The minimum Gasteiger partial charge on any atom is -0.312 e. The van der Waals surface area contributed by atoms with Crippen LogP contribution >= 0.6 is 0 Å². The number of hydrogen-bond donors (Lipinski definition) is 1. The Morgan fingerprint density at radius 3 is 2.76 bits per heavy atom. The molecular weight excluding hydrogens is 258 g/mol. The van der Waals surface area contributed by atoms with E-state index in [0.29, 0.717) is 12.1 Å². The molecule has 0 saturated carbocycles. The monoisotopic (exact) mass is 289 g/mol. The van der Waals surface area contributed by atoms with Gasteiger partial charge in [-0.2, -0.15) is 0 Å². The van der Waals surface area contributed by atoms with Crippen LogP contribution < -0.4 is 5.32 Å². The van der Waals surface area contributed by atoms with E-state index in [1.807, 2.05) is 0 Å². The summed E-state index contributed by atoms with van der Waals surface area (Å²) in [6, 6.07) is 12.1. The average Bonchev–Trinajstić information content (AvgIpc) is 2.71. The van der Waals surface area contributed by atoms with Crippen molar-refractivity contribution >= 4 is 0 Å². The molecule has 2 rings (SSSR count). The zero-order valence-electron chi connectivity index (χ0n) is 13.9. The van der Waals surface area contributed by atoms with Crippen molar-refractivity contribution in [2.75, 3.05) is 40.3 Å². The highest BCUT2D eigenvalue weighted by molar-refractivity contribution is 5.16. The topological polar surface area (TPSA) is 18.5 Å². The summed E-state index contributed by atoms with van der Waals surface area (Å²) in [4.78, 5) is 4.96. The van der Waals surface area contributed by atoms with Crippen molar-refractivity contribution in [3.8, 4) is 0 Å². The molecule has 21 heavy (non-hydrogen) atoms. The molecule has 1 saturated heterocycles. The Bertz CT molecular complexity index is 391. The number of nitrogens with one attached hydrogen (secondary N) is 1. The van der Waals surface area contributed by atoms with Gasteiger partial charge < -0.3 is 10.2 Å². The van der Waals surface area contributed by atoms with Crippen LogP contribution in [0, 0.1) is 0 Å². The summed E-state index contributed by atoms with van der Waals surface area (Å²) in [5, 5.41) is 3.73. The number of benzene rings is 1. The van der Waals surface area contributed by atoms with Crippen LogP contribution in [-0.4, -0.2) is 62.2 Å². The standard InChI is InChI=1S/C18H31N3/c1-16(10-13-20(2)3)21-12-7-11-19-18(15-21)14-17-8-5-4-6-9-17/h4-6,8-9,16,18-19H,7,10-15H2,1-3H3. The van der Waals surface area contributed by atoms with Crippen molar-refractivity contribution < 1.29 is 0 Å². The average molecular weight is 289 g/mol. The largest absolute Gasteiger partial charge is 0.312 e. The molecule has 1 aliphatic heterocycles. The van der Waals surface area contributed by atoms with Crippen LogP contribution in [0.15, 0.2) is 30.3 Å². The van der Waals surface area contributed by atoms with E-state index in [-0.39, 0.29) is 0 Å². The third kappa shape index (κ3) is 5.77. The quantitative estimate of drug-likeness (QED) is 0.866. The van der Waals surface area contributed by atoms with Crippen LogP contribution in [0.1, 0.15) is 25.3 Å². The fourth-order valence-corrected chi connectivity index (χ4v) is 3.09. The molecule has 1 aliphatic rings. The molecule has 2 atom stereocenters. The summed E-state index contributed by atoms with van der Waals surface area (Å²) < 4.78 is 0. The Hall–Kier alpha value is -0.900. The second-order valence-electron chi connectivity index (χ2n) is 6.63. The van der Waals surface area contributed by atoms with Crippen LogP contribution in [-0.2, 0) is 6.42 Å². The van der Waals surface area contributed by atoms with Gasteiger partial charge >= 0.3 is 0 Å². The first kappa shape index (κ1) is 16.5. The summed E-state index contributed by atoms with van der Waals surface area (Å²) in [7, 11) is 4.32. The van der Waals surface area contributed by atoms with Crippen LogP contribution in [0.4, 0.5) is 0 Å². The zero-order valence-corrected chi connectivity index (χ0v) is 13.9. The van der Waals surface area contributed by atoms with Gasteiger partial charge in [-0.05, 0) is 65.5 Å². The molecular formula is C18H31N3. The van der Waals surface area contributed by atoms with Gasteiger partial charge in [0.2, 0.25) is 0 Å². The second-order valence-corrected chi connectivity index (χ2v) is 6.63. The van der Waals surface area contributed by atoms with Crippen molar-refractivity contribution in [3.05, 3.63) is 35.9 Å². The van der Waals surface area contributed by atoms with Gasteiger partial charge in [0.1, 0.15) is 0 Å². The lowest BCUT2D eigenvalue weighted by atomic mass is 10.0. The van der Waals surface area contributed by atoms with E-state index < -0.39 is 0 Å². The first-order chi connectivity index (χ1) is 10.1. The van der Waals surface area contributed by atoms with E-state index in [4.69, 9.17) is 0 Å². The van der Waals surface area contributed by atoms with Crippen molar-refractivity contribution in [2.24, 2.45) is 0 Å². The zero-order chi connectivity index (χ0) is 15.1. The van der Waals surface area contributed by atoms with Crippen molar-refractivity contribution in [1.82, 2.24) is 15.1 Å². The molecule has 0 amide bonds. The van der Waals surface area contributed by atoms with Crippen LogP contribution in [0.5, 0.6) is 0 Å². The fraction of sp³-hybridized carbons (Fsp3) is 0.667. The van der Waals surface area contributed by atoms with Crippen LogP contribution in [0.2, 0.25) is 0 Å². The Labute approximate surface area is 130 Å². The van der Waals surface area contributed by atoms with Crippen molar-refractivity contribution in [2.45, 2.75) is 38.3 Å². The molecule has 1 heterocycles. The molecule has 3 heteroatoms. The molecule has 3 nitrogen and oxygen atoms in total. The van der Waals surface area contributed by atoms with E-state index >= 15 is 0 Å². The molecule has 0 radical (unpaired) electrons. The van der Waals surface area contributed by atoms with Gasteiger partial charge in [-0.3, -0.25) is 4.90 Å². The molecule has 0 aromatic heterocycles. The van der Waals surface area contributed by atoms with Gasteiger partial charge in [0.15, 0.2) is 0 Å². The van der Waals surface area contributed by atoms with Crippen LogP contribution in [0.25, 0.3) is 0 Å². The maximum Gasteiger partial charge on any atom is 0.0235 e. The summed E-state index contributed by atoms with van der Waals surface area (Å²) in [6.45, 7) is 7.10. The Balaban J connectivity index is 1.88. The minimum absolute atomic E-state index is 0.580. The predicted molar refractivity (Wildman–Crippen MR) is 90.8 cm³/mol. The molecule has 0 spiro atoms. The molecule has 1 aromatic rings. The first-order valence-electron chi connectivity index (χ1n) is 8.31. The van der Waals surface area contributed by atoms with Gasteiger partial charge in [-0.1, -0.05) is 30.3 Å². The lowest BCUT2D eigenvalue weighted by Crippen LogP contribution is -2.43. The fourth-order valence-electron chi connectivity index (χ4n) is 3.09. The number of hydrogen-bond acceptors (Lipinski definition) is 3. The highest BCUT2D eigenvalue weighted by Gasteiger charge is 2.21. The lowest BCUT2D eigenvalue weighted by molar-refractivity contribution is 0.184. The second kappa shape index (κ2) is 8.52. The normalized spacial score (nSPS) is 22.2. The van der Waals surface area contributed by atoms with Gasteiger partial charge in [0.25, 0.3) is 0 Å². The summed E-state index contributed by atoms with van der Waals surface area (Å²) >= 11 is 0. The molecule has 1 fully saturated rings. The Kier molecular flexibility index (Phi) is 6.68. The number of nitrogens with zero attached hydrogens (tertiary/aromatic N) is 2. The van der Waals surface area contributed by atoms with E-state index in [1.165, 1.54) is 38.0 Å². The third-order valence-electron chi connectivity index (χ3n) is 4.45. The van der Waals surface area contributed by atoms with Gasteiger partial charge in [0, 0.05) is 18.6 Å². The molecule has 1 aromatic carbocycles. The van der Waals surface area contributed by atoms with Gasteiger partial charge in [0.05, 0.1) is 0 Å². The van der Waals surface area contributed by atoms with E-state index in [1.54, 1.807) is 0 Å². The predicted octanol–water partition coefficient (Wildman–Crippen LogP) is 2.23. The Morgan fingerprint density at radius 2 is 2.05 bits per heavy atom. The first-order valence-corrected chi connectivity index (χ1v) is 8.31. The van der Waals surface area contributed by atoms with Gasteiger partial charge in [-0.15, -0.1) is 0 Å². The summed E-state index contributed by atoms with van der Waals surface area (Å²) in [6.07, 6.45) is 3.65.